The number of aromatic nitrogens is 1. The second-order valence-corrected chi connectivity index (χ2v) is 6.23. The zero-order chi connectivity index (χ0) is 19.1. The normalized spacial score (nSPS) is 17.1. The molecule has 0 aliphatic heterocycles. The number of nitrogens with zero attached hydrogens (tertiary/aromatic N) is 1. The highest BCUT2D eigenvalue weighted by Crippen LogP contribution is 2.34. The van der Waals surface area contributed by atoms with Gasteiger partial charge in [0.05, 0.1) is 12.5 Å². The molecular formula is C19H18F3NO3. The minimum atomic E-state index is -5.00. The topological polar surface area (TPSA) is 48.3 Å². The SMILES string of the molecule is CCOc1ccc(-n2c(C)cc3c2CC[C@H](C(=O)C(F)(F)F)C3=O)cc1. The van der Waals surface area contributed by atoms with Crippen LogP contribution in [0.4, 0.5) is 13.2 Å². The van der Waals surface area contributed by atoms with E-state index in [4.69, 9.17) is 4.74 Å². The van der Waals surface area contributed by atoms with Gasteiger partial charge in [-0.25, -0.2) is 0 Å². The molecule has 0 spiro atoms. The number of hydrogen-bond acceptors (Lipinski definition) is 3. The van der Waals surface area contributed by atoms with Gasteiger partial charge in [0.2, 0.25) is 5.78 Å². The van der Waals surface area contributed by atoms with Crippen molar-refractivity contribution in [3.05, 3.63) is 47.3 Å². The van der Waals surface area contributed by atoms with Gasteiger partial charge in [-0.1, -0.05) is 0 Å². The van der Waals surface area contributed by atoms with Gasteiger partial charge in [-0.05, 0) is 57.0 Å². The molecule has 26 heavy (non-hydrogen) atoms. The minimum Gasteiger partial charge on any atom is -0.494 e. The van der Waals surface area contributed by atoms with E-state index in [0.29, 0.717) is 18.1 Å². The monoisotopic (exact) mass is 365 g/mol. The Hall–Kier alpha value is -2.57. The number of hydrogen-bond donors (Lipinski definition) is 0. The van der Waals surface area contributed by atoms with E-state index in [1.165, 1.54) is 0 Å². The lowest BCUT2D eigenvalue weighted by Crippen LogP contribution is -2.38. The van der Waals surface area contributed by atoms with Crippen molar-refractivity contribution in [1.82, 2.24) is 4.57 Å². The third kappa shape index (κ3) is 3.13. The van der Waals surface area contributed by atoms with Crippen LogP contribution in [0.3, 0.4) is 0 Å². The van der Waals surface area contributed by atoms with Crippen molar-refractivity contribution in [2.75, 3.05) is 6.61 Å². The summed E-state index contributed by atoms with van der Waals surface area (Å²) in [5.41, 5.74) is 2.36. The Morgan fingerprint density at radius 1 is 1.27 bits per heavy atom. The molecule has 2 aromatic rings. The number of fused-ring (bicyclic) bond motifs is 1. The Balaban J connectivity index is 1.96. The summed E-state index contributed by atoms with van der Waals surface area (Å²) in [4.78, 5) is 24.0. The number of carbonyl (C=O) groups is 2. The Labute approximate surface area is 148 Å². The van der Waals surface area contributed by atoms with Crippen LogP contribution in [0.25, 0.3) is 5.69 Å². The molecule has 4 nitrogen and oxygen atoms in total. The Kier molecular flexibility index (Phi) is 4.64. The molecule has 0 fully saturated rings. The van der Waals surface area contributed by atoms with Crippen molar-refractivity contribution in [2.45, 2.75) is 32.9 Å². The van der Waals surface area contributed by atoms with Crippen molar-refractivity contribution in [2.24, 2.45) is 5.92 Å². The average molecular weight is 365 g/mol. The first kappa shape index (κ1) is 18.2. The van der Waals surface area contributed by atoms with Gasteiger partial charge in [-0.2, -0.15) is 13.2 Å². The molecule has 0 amide bonds. The number of alkyl halides is 3. The van der Waals surface area contributed by atoms with Crippen LogP contribution in [0, 0.1) is 12.8 Å². The van der Waals surface area contributed by atoms with Gasteiger partial charge in [0.15, 0.2) is 5.78 Å². The molecule has 0 saturated heterocycles. The van der Waals surface area contributed by atoms with Gasteiger partial charge in [0.25, 0.3) is 0 Å². The standard InChI is InChI=1S/C19H18F3NO3/c1-3-26-13-6-4-12(5-7-13)23-11(2)10-15-16(23)9-8-14(17(15)24)18(25)19(20,21)22/h4-7,10,14H,3,8-9H2,1-2H3/t14-/m0/s1. The molecule has 0 saturated carbocycles. The van der Waals surface area contributed by atoms with Crippen molar-refractivity contribution in [3.8, 4) is 11.4 Å². The molecule has 1 aromatic heterocycles. The van der Waals surface area contributed by atoms with Crippen molar-refractivity contribution < 1.29 is 27.5 Å². The second kappa shape index (κ2) is 6.63. The van der Waals surface area contributed by atoms with Gasteiger partial charge >= 0.3 is 6.18 Å². The molecule has 1 aliphatic carbocycles. The highest BCUT2D eigenvalue weighted by Gasteiger charge is 2.48. The molecule has 1 heterocycles. The molecular weight excluding hydrogens is 347 g/mol. The quantitative estimate of drug-likeness (QED) is 0.768. The van der Waals surface area contributed by atoms with E-state index in [1.807, 2.05) is 23.6 Å². The van der Waals surface area contributed by atoms with E-state index in [-0.39, 0.29) is 18.4 Å². The van der Waals surface area contributed by atoms with Crippen LogP contribution < -0.4 is 4.74 Å². The smallest absolute Gasteiger partial charge is 0.450 e. The van der Waals surface area contributed by atoms with Gasteiger partial charge in [0.1, 0.15) is 5.75 Å². The number of halogens is 3. The summed E-state index contributed by atoms with van der Waals surface area (Å²) in [6, 6.07) is 8.81. The van der Waals surface area contributed by atoms with Crippen molar-refractivity contribution in [1.29, 1.82) is 0 Å². The molecule has 0 radical (unpaired) electrons. The maximum atomic E-state index is 12.7. The van der Waals surface area contributed by atoms with Crippen LogP contribution in [0.1, 0.15) is 35.1 Å². The number of rotatable bonds is 4. The third-order valence-corrected chi connectivity index (χ3v) is 4.54. The van der Waals surface area contributed by atoms with Crippen LogP contribution in [0.5, 0.6) is 5.75 Å². The molecule has 0 N–H and O–H groups in total. The molecule has 0 unspecified atom stereocenters. The second-order valence-electron chi connectivity index (χ2n) is 6.23. The summed E-state index contributed by atoms with van der Waals surface area (Å²) in [7, 11) is 0. The maximum Gasteiger partial charge on any atom is 0.450 e. The van der Waals surface area contributed by atoms with E-state index in [1.54, 1.807) is 25.1 Å². The lowest BCUT2D eigenvalue weighted by atomic mass is 9.83. The molecule has 1 aromatic carbocycles. The number of aryl methyl sites for hydroxylation is 1. The largest absolute Gasteiger partial charge is 0.494 e. The lowest BCUT2D eigenvalue weighted by Gasteiger charge is -2.23. The maximum absolute atomic E-state index is 12.7. The fourth-order valence-corrected chi connectivity index (χ4v) is 3.42. The molecule has 1 aliphatic rings. The Bertz CT molecular complexity index is 850. The average Bonchev–Trinajstić information content (AvgIpc) is 2.92. The first-order chi connectivity index (χ1) is 12.2. The number of ketones is 2. The Morgan fingerprint density at radius 2 is 1.92 bits per heavy atom. The molecule has 7 heteroatoms. The van der Waals surface area contributed by atoms with E-state index in [2.05, 4.69) is 0 Å². The highest BCUT2D eigenvalue weighted by atomic mass is 19.4. The number of Topliss-reactive ketones (excluding diaryl/α,β-unsaturated/α-hetero) is 2. The lowest BCUT2D eigenvalue weighted by molar-refractivity contribution is -0.174. The first-order valence-corrected chi connectivity index (χ1v) is 8.33. The fourth-order valence-electron chi connectivity index (χ4n) is 3.42. The predicted octanol–water partition coefficient (Wildman–Crippen LogP) is 4.06. The molecule has 1 atom stereocenters. The molecule has 3 rings (SSSR count). The summed E-state index contributed by atoms with van der Waals surface area (Å²) in [6.07, 6.45) is -4.90. The fraction of sp³-hybridized carbons (Fsp3) is 0.368. The van der Waals surface area contributed by atoms with Gasteiger partial charge in [-0.15, -0.1) is 0 Å². The summed E-state index contributed by atoms with van der Waals surface area (Å²) in [5, 5.41) is 0. The number of carbonyl (C=O) groups excluding carboxylic acids is 2. The number of benzene rings is 1. The summed E-state index contributed by atoms with van der Waals surface area (Å²) >= 11 is 0. The number of ether oxygens (including phenoxy) is 1. The highest BCUT2D eigenvalue weighted by molar-refractivity contribution is 6.13. The zero-order valence-electron chi connectivity index (χ0n) is 14.4. The van der Waals surface area contributed by atoms with E-state index in [9.17, 15) is 22.8 Å². The van der Waals surface area contributed by atoms with Gasteiger partial charge in [-0.3, -0.25) is 9.59 Å². The van der Waals surface area contributed by atoms with Crippen molar-refractivity contribution in [3.63, 3.8) is 0 Å². The summed E-state index contributed by atoms with van der Waals surface area (Å²) < 4.78 is 45.4. The minimum absolute atomic E-state index is 0.134. The third-order valence-electron chi connectivity index (χ3n) is 4.54. The van der Waals surface area contributed by atoms with E-state index >= 15 is 0 Å². The first-order valence-electron chi connectivity index (χ1n) is 8.33. The summed E-state index contributed by atoms with van der Waals surface area (Å²) in [5.74, 6) is -3.64. The van der Waals surface area contributed by atoms with Crippen LogP contribution in [0.15, 0.2) is 30.3 Å². The van der Waals surface area contributed by atoms with E-state index in [0.717, 1.165) is 11.4 Å². The van der Waals surface area contributed by atoms with E-state index < -0.39 is 23.7 Å². The van der Waals surface area contributed by atoms with Crippen LogP contribution in [0.2, 0.25) is 0 Å². The zero-order valence-corrected chi connectivity index (χ0v) is 14.4. The Morgan fingerprint density at radius 3 is 2.50 bits per heavy atom. The van der Waals surface area contributed by atoms with Crippen LogP contribution in [-0.2, 0) is 11.2 Å². The summed E-state index contributed by atoms with van der Waals surface area (Å²) in [6.45, 7) is 4.20. The van der Waals surface area contributed by atoms with Crippen LogP contribution >= 0.6 is 0 Å². The van der Waals surface area contributed by atoms with Gasteiger partial charge in [0, 0.05) is 22.6 Å². The van der Waals surface area contributed by atoms with Crippen LogP contribution in [-0.4, -0.2) is 28.9 Å². The molecule has 0 bridgehead atoms. The predicted molar refractivity (Wildman–Crippen MR) is 88.9 cm³/mol. The van der Waals surface area contributed by atoms with Gasteiger partial charge < -0.3 is 9.30 Å². The van der Waals surface area contributed by atoms with Crippen molar-refractivity contribution >= 4 is 11.6 Å². The molecule has 138 valence electrons.